The van der Waals surface area contributed by atoms with Crippen LogP contribution in [-0.4, -0.2) is 28.5 Å². The van der Waals surface area contributed by atoms with Gasteiger partial charge in [0.2, 0.25) is 11.0 Å². The van der Waals surface area contributed by atoms with Crippen LogP contribution in [-0.2, 0) is 4.79 Å². The average Bonchev–Trinajstić information content (AvgIpc) is 3.12. The monoisotopic (exact) mass is 436 g/mol. The van der Waals surface area contributed by atoms with Crippen molar-refractivity contribution < 1.29 is 18.3 Å². The summed E-state index contributed by atoms with van der Waals surface area (Å²) in [5, 5.41) is 14.6. The molecule has 1 heterocycles. The van der Waals surface area contributed by atoms with E-state index in [4.69, 9.17) is 0 Å². The van der Waals surface area contributed by atoms with E-state index in [-0.39, 0.29) is 23.1 Å². The van der Waals surface area contributed by atoms with E-state index in [0.717, 1.165) is 16.8 Å². The zero-order valence-corrected chi connectivity index (χ0v) is 17.2. The molecule has 0 aliphatic heterocycles. The number of ether oxygens (including phenoxy) is 1. The molecule has 152 valence electrons. The Morgan fingerprint density at radius 2 is 1.86 bits per heavy atom. The lowest BCUT2D eigenvalue weighted by molar-refractivity contribution is -0.113. The normalized spacial score (nSPS) is 10.8. The number of hydrogen-bond donors (Lipinski definition) is 2. The van der Waals surface area contributed by atoms with Gasteiger partial charge in [0.15, 0.2) is 4.34 Å². The summed E-state index contributed by atoms with van der Waals surface area (Å²) >= 11 is 2.54. The van der Waals surface area contributed by atoms with Gasteiger partial charge in [-0.3, -0.25) is 4.79 Å². The second kappa shape index (κ2) is 9.66. The molecule has 1 amide bonds. The number of anilines is 3. The summed E-state index contributed by atoms with van der Waals surface area (Å²) in [6.07, 6.45) is 0. The number of thioether (sulfide) groups is 1. The van der Waals surface area contributed by atoms with Crippen LogP contribution in [0.4, 0.5) is 25.3 Å². The minimum Gasteiger partial charge on any atom is -0.433 e. The molecule has 10 heteroatoms. The van der Waals surface area contributed by atoms with Gasteiger partial charge in [0.25, 0.3) is 0 Å². The summed E-state index contributed by atoms with van der Waals surface area (Å²) in [4.78, 5) is 12.2. The standard InChI is InChI=1S/C19H18F2N4O2S2/c1-11-6-5-7-12(2)16(11)23-18-24-25-19(29-18)28-10-15(26)22-13-8-3-4-9-14(13)27-17(20)21/h3-9,17H,10H2,1-2H3,(H,22,26)(H,23,24). The Morgan fingerprint density at radius 3 is 2.59 bits per heavy atom. The number of carbonyl (C=O) groups excluding carboxylic acids is 1. The Hall–Kier alpha value is -2.72. The first kappa shape index (κ1) is 21.0. The topological polar surface area (TPSA) is 76.1 Å². The van der Waals surface area contributed by atoms with Crippen molar-refractivity contribution in [3.8, 4) is 5.75 Å². The fraction of sp³-hybridized carbons (Fsp3) is 0.211. The number of carbonyl (C=O) groups is 1. The molecule has 0 bridgehead atoms. The SMILES string of the molecule is Cc1cccc(C)c1Nc1nnc(SCC(=O)Nc2ccccc2OC(F)F)s1. The van der Waals surface area contributed by atoms with E-state index in [2.05, 4.69) is 25.6 Å². The lowest BCUT2D eigenvalue weighted by Crippen LogP contribution is -2.15. The molecule has 2 N–H and O–H groups in total. The van der Waals surface area contributed by atoms with Crippen LogP contribution in [0, 0.1) is 13.8 Å². The molecule has 0 aliphatic carbocycles. The van der Waals surface area contributed by atoms with Crippen LogP contribution in [0.5, 0.6) is 5.75 Å². The molecule has 3 aromatic rings. The number of aryl methyl sites for hydroxylation is 2. The molecule has 1 aromatic heterocycles. The van der Waals surface area contributed by atoms with Crippen LogP contribution in [0.3, 0.4) is 0 Å². The molecule has 6 nitrogen and oxygen atoms in total. The predicted molar refractivity (Wildman–Crippen MR) is 112 cm³/mol. The van der Waals surface area contributed by atoms with Crippen LogP contribution in [0.2, 0.25) is 0 Å². The second-order valence-electron chi connectivity index (χ2n) is 5.98. The number of nitrogens with zero attached hydrogens (tertiary/aromatic N) is 2. The minimum absolute atomic E-state index is 0.0566. The first-order chi connectivity index (χ1) is 13.9. The van der Waals surface area contributed by atoms with E-state index in [1.165, 1.54) is 35.2 Å². The lowest BCUT2D eigenvalue weighted by atomic mass is 10.1. The summed E-state index contributed by atoms with van der Waals surface area (Å²) in [6.45, 7) is 1.05. The highest BCUT2D eigenvalue weighted by Gasteiger charge is 2.13. The maximum absolute atomic E-state index is 12.5. The molecule has 0 spiro atoms. The molecular weight excluding hydrogens is 418 g/mol. The number of nitrogens with one attached hydrogen (secondary N) is 2. The van der Waals surface area contributed by atoms with Crippen molar-refractivity contribution in [2.75, 3.05) is 16.4 Å². The van der Waals surface area contributed by atoms with Crippen molar-refractivity contribution in [1.82, 2.24) is 10.2 Å². The molecule has 0 radical (unpaired) electrons. The van der Waals surface area contributed by atoms with Gasteiger partial charge >= 0.3 is 6.61 Å². The van der Waals surface area contributed by atoms with E-state index in [1.807, 2.05) is 32.0 Å². The summed E-state index contributed by atoms with van der Waals surface area (Å²) in [5.74, 6) is -0.391. The van der Waals surface area contributed by atoms with Gasteiger partial charge in [-0.05, 0) is 37.1 Å². The van der Waals surface area contributed by atoms with Crippen LogP contribution in [0.15, 0.2) is 46.8 Å². The van der Waals surface area contributed by atoms with E-state index in [9.17, 15) is 13.6 Å². The van der Waals surface area contributed by atoms with Gasteiger partial charge in [-0.15, -0.1) is 10.2 Å². The molecule has 0 unspecified atom stereocenters. The zero-order chi connectivity index (χ0) is 20.8. The summed E-state index contributed by atoms with van der Waals surface area (Å²) in [5.41, 5.74) is 3.36. The Bertz CT molecular complexity index is 978. The highest BCUT2D eigenvalue weighted by atomic mass is 32.2. The van der Waals surface area contributed by atoms with Crippen molar-refractivity contribution in [2.45, 2.75) is 24.8 Å². The number of halogens is 2. The summed E-state index contributed by atoms with van der Waals surface area (Å²) < 4.78 is 29.9. The maximum atomic E-state index is 12.5. The quantitative estimate of drug-likeness (QED) is 0.471. The van der Waals surface area contributed by atoms with Gasteiger partial charge < -0.3 is 15.4 Å². The van der Waals surface area contributed by atoms with Crippen LogP contribution in [0.1, 0.15) is 11.1 Å². The van der Waals surface area contributed by atoms with E-state index >= 15 is 0 Å². The Morgan fingerprint density at radius 1 is 1.14 bits per heavy atom. The zero-order valence-electron chi connectivity index (χ0n) is 15.6. The number of rotatable bonds is 8. The third kappa shape index (κ3) is 5.88. The number of para-hydroxylation sites is 3. The van der Waals surface area contributed by atoms with Crippen molar-refractivity contribution in [1.29, 1.82) is 0 Å². The predicted octanol–water partition coefficient (Wildman–Crippen LogP) is 5.23. The van der Waals surface area contributed by atoms with Gasteiger partial charge in [0.1, 0.15) is 5.75 Å². The number of amides is 1. The number of aromatic nitrogens is 2. The summed E-state index contributed by atoms with van der Waals surface area (Å²) in [6, 6.07) is 12.0. The number of alkyl halides is 2. The molecular formula is C19H18F2N4O2S2. The van der Waals surface area contributed by atoms with Gasteiger partial charge in [0.05, 0.1) is 11.4 Å². The van der Waals surface area contributed by atoms with Crippen LogP contribution in [0.25, 0.3) is 0 Å². The first-order valence-electron chi connectivity index (χ1n) is 8.55. The molecule has 29 heavy (non-hydrogen) atoms. The van der Waals surface area contributed by atoms with Gasteiger partial charge in [0, 0.05) is 5.69 Å². The largest absolute Gasteiger partial charge is 0.433 e. The smallest absolute Gasteiger partial charge is 0.387 e. The maximum Gasteiger partial charge on any atom is 0.387 e. The second-order valence-corrected chi connectivity index (χ2v) is 8.18. The number of hydrogen-bond acceptors (Lipinski definition) is 7. The van der Waals surface area contributed by atoms with Crippen LogP contribution >= 0.6 is 23.1 Å². The molecule has 0 atom stereocenters. The minimum atomic E-state index is -2.97. The average molecular weight is 437 g/mol. The van der Waals surface area contributed by atoms with E-state index in [1.54, 1.807) is 12.1 Å². The highest BCUT2D eigenvalue weighted by molar-refractivity contribution is 8.01. The third-order valence-corrected chi connectivity index (χ3v) is 5.80. The molecule has 0 saturated carbocycles. The van der Waals surface area contributed by atoms with Crippen molar-refractivity contribution in [3.63, 3.8) is 0 Å². The van der Waals surface area contributed by atoms with Crippen molar-refractivity contribution in [3.05, 3.63) is 53.6 Å². The van der Waals surface area contributed by atoms with Crippen LogP contribution < -0.4 is 15.4 Å². The van der Waals surface area contributed by atoms with Crippen molar-refractivity contribution >= 4 is 45.5 Å². The third-order valence-electron chi connectivity index (χ3n) is 3.82. The molecule has 2 aromatic carbocycles. The molecule has 0 aliphatic rings. The molecule has 0 fully saturated rings. The van der Waals surface area contributed by atoms with E-state index < -0.39 is 6.61 Å². The van der Waals surface area contributed by atoms with E-state index in [0.29, 0.717) is 9.47 Å². The van der Waals surface area contributed by atoms with Gasteiger partial charge in [-0.1, -0.05) is 53.4 Å². The molecule has 3 rings (SSSR count). The van der Waals surface area contributed by atoms with Gasteiger partial charge in [-0.2, -0.15) is 8.78 Å². The first-order valence-corrected chi connectivity index (χ1v) is 10.4. The highest BCUT2D eigenvalue weighted by Crippen LogP contribution is 2.31. The lowest BCUT2D eigenvalue weighted by Gasteiger charge is -2.11. The summed E-state index contributed by atoms with van der Waals surface area (Å²) in [7, 11) is 0. The molecule has 0 saturated heterocycles. The fourth-order valence-corrected chi connectivity index (χ4v) is 4.08. The number of benzene rings is 2. The Balaban J connectivity index is 1.57. The van der Waals surface area contributed by atoms with Crippen molar-refractivity contribution in [2.24, 2.45) is 0 Å². The Labute approximate surface area is 174 Å². The van der Waals surface area contributed by atoms with Gasteiger partial charge in [-0.25, -0.2) is 0 Å². The fourth-order valence-electron chi connectivity index (χ4n) is 2.52. The Kier molecular flexibility index (Phi) is 6.99.